The summed E-state index contributed by atoms with van der Waals surface area (Å²) in [5.41, 5.74) is 0.401. The van der Waals surface area contributed by atoms with Crippen molar-refractivity contribution in [3.05, 3.63) is 47.0 Å². The number of ketones is 1. The van der Waals surface area contributed by atoms with E-state index in [9.17, 15) is 19.2 Å². The monoisotopic (exact) mass is 413 g/mol. The fraction of sp³-hybridized carbons (Fsp3) is 0.455. The number of likely N-dealkylation sites (tertiary alicyclic amines) is 1. The quantitative estimate of drug-likeness (QED) is 0.310. The maximum atomic E-state index is 12.8. The minimum atomic E-state index is -0.605. The number of Topliss-reactive ketones (excluding diaryl/α,β-unsaturated/α-hetero) is 1. The van der Waals surface area contributed by atoms with Gasteiger partial charge in [0.15, 0.2) is 12.4 Å². The molecule has 0 aromatic heterocycles. The third-order valence-electron chi connectivity index (χ3n) is 6.82. The molecule has 4 aliphatic carbocycles. The first kappa shape index (κ1) is 18.6. The average Bonchev–Trinajstić information content (AvgIpc) is 3.50. The molecule has 2 saturated carbocycles. The molecule has 1 aliphatic heterocycles. The Kier molecular flexibility index (Phi) is 4.35. The zero-order valence-corrected chi connectivity index (χ0v) is 16.4. The van der Waals surface area contributed by atoms with Crippen molar-refractivity contribution in [1.29, 1.82) is 0 Å². The Labute approximate surface area is 172 Å². The van der Waals surface area contributed by atoms with E-state index in [1.54, 1.807) is 24.3 Å². The number of hydrogen-bond donors (Lipinski definition) is 0. The molecule has 1 aromatic carbocycles. The summed E-state index contributed by atoms with van der Waals surface area (Å²) in [6.07, 6.45) is 5.24. The van der Waals surface area contributed by atoms with Gasteiger partial charge in [0, 0.05) is 17.1 Å². The molecule has 0 unspecified atom stereocenters. The van der Waals surface area contributed by atoms with Gasteiger partial charge in [-0.3, -0.25) is 24.1 Å². The number of amides is 2. The number of allylic oxidation sites excluding steroid dienone is 2. The lowest BCUT2D eigenvalue weighted by molar-refractivity contribution is -0.145. The highest BCUT2D eigenvalue weighted by Crippen LogP contribution is 2.65. The lowest BCUT2D eigenvalue weighted by Gasteiger charge is -2.37. The summed E-state index contributed by atoms with van der Waals surface area (Å²) in [6, 6.07) is 6.31. The molecule has 0 N–H and O–H groups in total. The summed E-state index contributed by atoms with van der Waals surface area (Å²) in [7, 11) is 0. The van der Waals surface area contributed by atoms with Crippen molar-refractivity contribution in [3.63, 3.8) is 0 Å². The van der Waals surface area contributed by atoms with E-state index in [0.717, 1.165) is 6.42 Å². The Balaban J connectivity index is 1.15. The highest BCUT2D eigenvalue weighted by molar-refractivity contribution is 6.30. The van der Waals surface area contributed by atoms with Crippen LogP contribution in [-0.4, -0.2) is 41.6 Å². The predicted octanol–water partition coefficient (Wildman–Crippen LogP) is 2.51. The largest absolute Gasteiger partial charge is 0.457 e. The van der Waals surface area contributed by atoms with Crippen molar-refractivity contribution in [2.45, 2.75) is 12.8 Å². The van der Waals surface area contributed by atoms with E-state index in [1.807, 2.05) is 0 Å². The number of imide groups is 1. The van der Waals surface area contributed by atoms with Crippen LogP contribution >= 0.6 is 11.6 Å². The molecular weight excluding hydrogens is 394 g/mol. The van der Waals surface area contributed by atoms with Crippen molar-refractivity contribution in [1.82, 2.24) is 4.90 Å². The third kappa shape index (κ3) is 3.01. The van der Waals surface area contributed by atoms with Gasteiger partial charge < -0.3 is 4.74 Å². The third-order valence-corrected chi connectivity index (χ3v) is 7.08. The number of nitrogens with zero attached hydrogens (tertiary/aromatic N) is 1. The van der Waals surface area contributed by atoms with E-state index < -0.39 is 5.97 Å². The molecule has 0 spiro atoms. The van der Waals surface area contributed by atoms with Crippen LogP contribution in [0.1, 0.15) is 23.2 Å². The predicted molar refractivity (Wildman–Crippen MR) is 103 cm³/mol. The lowest BCUT2D eigenvalue weighted by atomic mass is 9.63. The second-order valence-corrected chi connectivity index (χ2v) is 8.76. The summed E-state index contributed by atoms with van der Waals surface area (Å²) in [5, 5.41) is 0.514. The van der Waals surface area contributed by atoms with Crippen LogP contribution in [0.3, 0.4) is 0 Å². The number of benzene rings is 1. The molecule has 2 bridgehead atoms. The minimum Gasteiger partial charge on any atom is -0.457 e. The number of halogens is 1. The van der Waals surface area contributed by atoms with Crippen molar-refractivity contribution in [2.24, 2.45) is 35.5 Å². The van der Waals surface area contributed by atoms with Crippen LogP contribution < -0.4 is 0 Å². The second-order valence-electron chi connectivity index (χ2n) is 8.32. The summed E-state index contributed by atoms with van der Waals surface area (Å²) in [4.78, 5) is 51.1. The molecular formula is C22H20ClNO5. The maximum Gasteiger partial charge on any atom is 0.308 e. The first-order valence-electron chi connectivity index (χ1n) is 9.93. The Morgan fingerprint density at radius 3 is 2.17 bits per heavy atom. The van der Waals surface area contributed by atoms with Gasteiger partial charge in [-0.1, -0.05) is 23.8 Å². The van der Waals surface area contributed by atoms with Gasteiger partial charge in [-0.25, -0.2) is 0 Å². The summed E-state index contributed by atoms with van der Waals surface area (Å²) in [5.74, 6) is -0.348. The van der Waals surface area contributed by atoms with Gasteiger partial charge in [0.2, 0.25) is 11.8 Å². The van der Waals surface area contributed by atoms with E-state index in [2.05, 4.69) is 12.2 Å². The van der Waals surface area contributed by atoms with Gasteiger partial charge in [-0.2, -0.15) is 0 Å². The van der Waals surface area contributed by atoms with Gasteiger partial charge in [0.25, 0.3) is 0 Å². The number of hydrogen-bond acceptors (Lipinski definition) is 5. The molecule has 6 nitrogen and oxygen atoms in total. The van der Waals surface area contributed by atoms with E-state index in [0.29, 0.717) is 22.4 Å². The summed E-state index contributed by atoms with van der Waals surface area (Å²) in [6.45, 7) is -0.377. The SMILES string of the molecule is O=C(CCN1C(=O)[C@@H]2[C@H]3C=C[C@H]([C@@H]4C[C@H]34)[C@@H]2C1=O)OCC(=O)c1ccc(Cl)cc1. The number of rotatable bonds is 6. The van der Waals surface area contributed by atoms with E-state index in [1.165, 1.54) is 4.90 Å². The highest BCUT2D eigenvalue weighted by atomic mass is 35.5. The first-order chi connectivity index (χ1) is 14.0. The molecule has 2 amide bonds. The van der Waals surface area contributed by atoms with Crippen LogP contribution in [0.5, 0.6) is 0 Å². The molecule has 6 atom stereocenters. The zero-order chi connectivity index (χ0) is 20.3. The van der Waals surface area contributed by atoms with Crippen LogP contribution in [0, 0.1) is 35.5 Å². The van der Waals surface area contributed by atoms with Gasteiger partial charge in [-0.15, -0.1) is 0 Å². The molecule has 1 heterocycles. The fourth-order valence-corrected chi connectivity index (χ4v) is 5.51. The molecule has 6 rings (SSSR count). The number of ether oxygens (including phenoxy) is 1. The molecule has 1 aromatic rings. The van der Waals surface area contributed by atoms with Crippen molar-refractivity contribution < 1.29 is 23.9 Å². The molecule has 1 saturated heterocycles. The van der Waals surface area contributed by atoms with Gasteiger partial charge >= 0.3 is 5.97 Å². The van der Waals surface area contributed by atoms with E-state index in [-0.39, 0.29) is 60.8 Å². The van der Waals surface area contributed by atoms with Crippen LogP contribution in [0.15, 0.2) is 36.4 Å². The van der Waals surface area contributed by atoms with Crippen LogP contribution in [0.4, 0.5) is 0 Å². The van der Waals surface area contributed by atoms with Gasteiger partial charge in [-0.05, 0) is 54.4 Å². The maximum absolute atomic E-state index is 12.8. The summed E-state index contributed by atoms with van der Waals surface area (Å²) < 4.78 is 5.03. The zero-order valence-electron chi connectivity index (χ0n) is 15.6. The van der Waals surface area contributed by atoms with Crippen molar-refractivity contribution in [3.8, 4) is 0 Å². The van der Waals surface area contributed by atoms with Crippen LogP contribution in [-0.2, 0) is 19.1 Å². The Hall–Kier alpha value is -2.47. The number of esters is 1. The van der Waals surface area contributed by atoms with Gasteiger partial charge in [0.1, 0.15) is 0 Å². The molecule has 7 heteroatoms. The van der Waals surface area contributed by atoms with Crippen LogP contribution in [0.2, 0.25) is 5.02 Å². The topological polar surface area (TPSA) is 80.8 Å². The number of carbonyl (C=O) groups is 4. The fourth-order valence-electron chi connectivity index (χ4n) is 5.38. The van der Waals surface area contributed by atoms with Crippen molar-refractivity contribution >= 4 is 35.2 Å². The molecule has 5 aliphatic rings. The van der Waals surface area contributed by atoms with Crippen LogP contribution in [0.25, 0.3) is 0 Å². The molecule has 150 valence electrons. The highest BCUT2D eigenvalue weighted by Gasteiger charge is 2.66. The lowest BCUT2D eigenvalue weighted by Crippen LogP contribution is -2.40. The molecule has 0 radical (unpaired) electrons. The first-order valence-corrected chi connectivity index (χ1v) is 10.3. The Morgan fingerprint density at radius 1 is 1.00 bits per heavy atom. The average molecular weight is 414 g/mol. The summed E-state index contributed by atoms with van der Waals surface area (Å²) >= 11 is 5.79. The number of carbonyl (C=O) groups excluding carboxylic acids is 4. The van der Waals surface area contributed by atoms with E-state index >= 15 is 0 Å². The minimum absolute atomic E-state index is 0.00735. The Bertz CT molecular complexity index is 903. The normalized spacial score (nSPS) is 33.5. The van der Waals surface area contributed by atoms with Gasteiger partial charge in [0.05, 0.1) is 18.3 Å². The smallest absolute Gasteiger partial charge is 0.308 e. The Morgan fingerprint density at radius 2 is 1.59 bits per heavy atom. The molecule has 29 heavy (non-hydrogen) atoms. The van der Waals surface area contributed by atoms with E-state index in [4.69, 9.17) is 16.3 Å². The standard InChI is InChI=1S/C22H20ClNO5/c23-12-3-1-11(2-4-12)17(25)10-29-18(26)7-8-24-21(27)19-13-5-6-14(16-9-15(13)16)20(19)22(24)28/h1-6,13-16,19-20H,7-10H2/t13-,14+,15+,16-,19+,20-. The van der Waals surface area contributed by atoms with Crippen molar-refractivity contribution in [2.75, 3.05) is 13.2 Å². The molecule has 3 fully saturated rings. The second kappa shape index (κ2) is 6.80.